The number of H-pyrrole nitrogens is 1. The van der Waals surface area contributed by atoms with Crippen molar-refractivity contribution in [2.24, 2.45) is 11.5 Å². The first-order valence-electron chi connectivity index (χ1n) is 21.7. The number of phenols is 1. The van der Waals surface area contributed by atoms with Gasteiger partial charge in [-0.3, -0.25) is 33.6 Å². The number of unbranched alkanes of at least 4 members (excludes halogenated alkanes) is 1. The number of rotatable bonds is 14. The molecule has 1 saturated heterocycles. The Hall–Kier alpha value is -5.89. The van der Waals surface area contributed by atoms with Gasteiger partial charge in [0.1, 0.15) is 36.0 Å². The van der Waals surface area contributed by atoms with Crippen LogP contribution in [0.5, 0.6) is 5.75 Å². The summed E-state index contributed by atoms with van der Waals surface area (Å²) in [6.45, 7) is 3.36. The maximum absolute atomic E-state index is 14.6. The van der Waals surface area contributed by atoms with Crippen molar-refractivity contribution in [3.63, 3.8) is 0 Å². The monoisotopic (exact) mass is 929 g/mol. The number of Topliss-reactive ketones (excluding diaryl/α,β-unsaturated/α-hetero) is 1. The lowest BCUT2D eigenvalue weighted by atomic mass is 10.0. The number of ketones is 1. The largest absolute Gasteiger partial charge is 0.508 e. The molecule has 7 atom stereocenters. The molecule has 1 aromatic heterocycles. The van der Waals surface area contributed by atoms with Crippen molar-refractivity contribution in [1.29, 1.82) is 0 Å². The van der Waals surface area contributed by atoms with Crippen LogP contribution in [0.3, 0.4) is 0 Å². The number of carbonyl (C=O) groups is 7. The summed E-state index contributed by atoms with van der Waals surface area (Å²) < 4.78 is 0. The van der Waals surface area contributed by atoms with Gasteiger partial charge in [-0.1, -0.05) is 89.2 Å². The average molecular weight is 930 g/mol. The Labute approximate surface area is 385 Å². The fourth-order valence-corrected chi connectivity index (χ4v) is 9.61. The number of aromatic hydroxyl groups is 1. The van der Waals surface area contributed by atoms with Gasteiger partial charge in [0.15, 0.2) is 5.78 Å². The maximum Gasteiger partial charge on any atom is 0.244 e. The number of amides is 6. The summed E-state index contributed by atoms with van der Waals surface area (Å²) in [4.78, 5) is 101. The molecule has 0 spiro atoms. The van der Waals surface area contributed by atoms with Crippen LogP contribution in [0.1, 0.15) is 56.2 Å². The molecule has 348 valence electrons. The summed E-state index contributed by atoms with van der Waals surface area (Å²) in [6, 6.07) is 14.5. The molecule has 5 rings (SSSR count). The van der Waals surface area contributed by atoms with E-state index in [2.05, 4.69) is 36.9 Å². The molecular weight excluding hydrogens is 871 g/mol. The minimum Gasteiger partial charge on any atom is -0.508 e. The van der Waals surface area contributed by atoms with E-state index in [1.165, 1.54) is 29.9 Å². The van der Waals surface area contributed by atoms with E-state index in [1.807, 2.05) is 54.6 Å². The third kappa shape index (κ3) is 15.1. The van der Waals surface area contributed by atoms with Gasteiger partial charge in [-0.05, 0) is 80.5 Å². The summed E-state index contributed by atoms with van der Waals surface area (Å²) in [7, 11) is 2.34. The molecule has 1 aliphatic rings. The number of para-hydroxylation sites is 1. The predicted molar refractivity (Wildman–Crippen MR) is 252 cm³/mol. The first-order chi connectivity index (χ1) is 31.3. The zero-order chi connectivity index (χ0) is 46.9. The number of fused-ring (bicyclic) bond motifs is 1. The molecule has 19 heteroatoms. The molecule has 0 unspecified atom stereocenters. The lowest BCUT2D eigenvalue weighted by molar-refractivity contribution is -0.135. The molecule has 1 aliphatic heterocycles. The first kappa shape index (κ1) is 50.1. The Balaban J connectivity index is 1.53. The fourth-order valence-electron chi connectivity index (χ4n) is 7.20. The van der Waals surface area contributed by atoms with Gasteiger partial charge in [-0.15, -0.1) is 0 Å². The molecule has 2 heterocycles. The molecule has 65 heavy (non-hydrogen) atoms. The van der Waals surface area contributed by atoms with Crippen LogP contribution >= 0.6 is 21.6 Å². The Morgan fingerprint density at radius 1 is 0.723 bits per heavy atom. The molecule has 0 bridgehead atoms. The maximum atomic E-state index is 14.6. The highest BCUT2D eigenvalue weighted by Gasteiger charge is 2.34. The Morgan fingerprint density at radius 2 is 1.32 bits per heavy atom. The molecule has 12 N–H and O–H groups in total. The molecule has 6 amide bonds. The van der Waals surface area contributed by atoms with Crippen LogP contribution in [0.15, 0.2) is 85.1 Å². The van der Waals surface area contributed by atoms with E-state index in [0.717, 1.165) is 27.3 Å². The normalized spacial score (nSPS) is 22.4. The van der Waals surface area contributed by atoms with Crippen molar-refractivity contribution < 1.29 is 38.7 Å². The van der Waals surface area contributed by atoms with Crippen LogP contribution in [0.2, 0.25) is 0 Å². The SMILES string of the molecule is CC[C@@H]1NC(=O)[C@H](CCCCN)NC(=O)[C@@H](Cc2c[nH]c3ccccc23)NC(=O)[C@H](Cc2ccc(O)cc2)NC(=O)[C@@H](NC(=O)[C@H](N)Cc2ccccc2)CSSC[C@@H](C(C)=O)NC1=O. The molecule has 1 fully saturated rings. The van der Waals surface area contributed by atoms with E-state index in [-0.39, 0.29) is 55.1 Å². The van der Waals surface area contributed by atoms with Crippen LogP contribution in [-0.2, 0) is 52.8 Å². The van der Waals surface area contributed by atoms with Crippen LogP contribution in [0.25, 0.3) is 10.9 Å². The number of benzene rings is 3. The number of hydrogen-bond donors (Lipinski definition) is 10. The standard InChI is InChI=1S/C46H59N9O8S2/c1-3-34-42(59)54-39(27(2)56)25-64-65-26-40(55-41(58)33(48)21-28-11-5-4-6-12-28)46(63)52-37(22-29-16-18-31(57)19-17-29)44(61)53-38(23-30-24-49-35-14-8-7-13-32(30)35)45(62)51-36(43(60)50-34)15-9-10-20-47/h4-8,11-14,16-19,24,33-34,36-40,49,57H,3,9-10,15,20-23,25-26,47-48H2,1-2H3,(H,50,60)(H,51,62)(H,52,63)(H,53,61)(H,54,59)(H,55,58)/t33-,34+,36+,37+,38-,39+,40+/m1/s1. The summed E-state index contributed by atoms with van der Waals surface area (Å²) in [5.74, 6) is -4.37. The van der Waals surface area contributed by atoms with E-state index in [1.54, 1.807) is 25.3 Å². The van der Waals surface area contributed by atoms with Crippen molar-refractivity contribution in [3.8, 4) is 5.75 Å². The number of aromatic amines is 1. The van der Waals surface area contributed by atoms with Crippen LogP contribution in [-0.4, -0.2) is 112 Å². The number of nitrogens with one attached hydrogen (secondary N) is 7. The molecule has 0 saturated carbocycles. The molecule has 0 aliphatic carbocycles. The average Bonchev–Trinajstić information content (AvgIpc) is 3.70. The Bertz CT molecular complexity index is 2260. The van der Waals surface area contributed by atoms with Crippen LogP contribution in [0.4, 0.5) is 0 Å². The summed E-state index contributed by atoms with van der Waals surface area (Å²) >= 11 is 0. The van der Waals surface area contributed by atoms with Crippen molar-refractivity contribution in [2.75, 3.05) is 18.1 Å². The van der Waals surface area contributed by atoms with Crippen LogP contribution in [0, 0.1) is 0 Å². The van der Waals surface area contributed by atoms with Crippen molar-refractivity contribution in [3.05, 3.63) is 102 Å². The molecular formula is C46H59N9O8S2. The molecule has 0 radical (unpaired) electrons. The topological polar surface area (TPSA) is 280 Å². The molecule has 17 nitrogen and oxygen atoms in total. The van der Waals surface area contributed by atoms with Crippen molar-refractivity contribution in [1.82, 2.24) is 36.9 Å². The van der Waals surface area contributed by atoms with Gasteiger partial charge in [0.25, 0.3) is 0 Å². The van der Waals surface area contributed by atoms with Crippen LogP contribution < -0.4 is 43.4 Å². The van der Waals surface area contributed by atoms with E-state index in [4.69, 9.17) is 11.5 Å². The molecule has 3 aromatic carbocycles. The number of aromatic nitrogens is 1. The number of phenolic OH excluding ortho intramolecular Hbond substituents is 1. The lowest BCUT2D eigenvalue weighted by Gasteiger charge is -2.28. The second-order valence-electron chi connectivity index (χ2n) is 16.0. The highest BCUT2D eigenvalue weighted by Crippen LogP contribution is 2.24. The Kier molecular flexibility index (Phi) is 19.3. The van der Waals surface area contributed by atoms with Gasteiger partial charge in [0, 0.05) is 41.4 Å². The van der Waals surface area contributed by atoms with Crippen molar-refractivity contribution in [2.45, 2.75) is 101 Å². The zero-order valence-electron chi connectivity index (χ0n) is 36.5. The van der Waals surface area contributed by atoms with Crippen molar-refractivity contribution >= 4 is 73.7 Å². The first-order valence-corrected chi connectivity index (χ1v) is 24.1. The summed E-state index contributed by atoms with van der Waals surface area (Å²) in [5.41, 5.74) is 15.0. The second kappa shape index (κ2) is 25.0. The van der Waals surface area contributed by atoms with E-state index in [9.17, 15) is 38.7 Å². The fraction of sp³-hybridized carbons (Fsp3) is 0.413. The smallest absolute Gasteiger partial charge is 0.244 e. The number of hydrogen-bond acceptors (Lipinski definition) is 12. The minimum absolute atomic E-state index is 0.0139. The van der Waals surface area contributed by atoms with Gasteiger partial charge in [0.05, 0.1) is 12.1 Å². The van der Waals surface area contributed by atoms with E-state index < -0.39 is 77.7 Å². The van der Waals surface area contributed by atoms with E-state index >= 15 is 0 Å². The van der Waals surface area contributed by atoms with E-state index in [0.29, 0.717) is 30.5 Å². The predicted octanol–water partition coefficient (Wildman–Crippen LogP) is 1.66. The van der Waals surface area contributed by atoms with Gasteiger partial charge in [0.2, 0.25) is 35.4 Å². The quantitative estimate of drug-likeness (QED) is 0.0639. The van der Waals surface area contributed by atoms with Gasteiger partial charge >= 0.3 is 0 Å². The third-order valence-electron chi connectivity index (χ3n) is 11.0. The number of nitrogens with two attached hydrogens (primary N) is 2. The Morgan fingerprint density at radius 3 is 2.02 bits per heavy atom. The highest BCUT2D eigenvalue weighted by atomic mass is 33.1. The zero-order valence-corrected chi connectivity index (χ0v) is 38.1. The highest BCUT2D eigenvalue weighted by molar-refractivity contribution is 8.76. The summed E-state index contributed by atoms with van der Waals surface area (Å²) in [6.07, 6.45) is 3.11. The molecule has 4 aromatic rings. The van der Waals surface area contributed by atoms with Gasteiger partial charge in [-0.25, -0.2) is 0 Å². The third-order valence-corrected chi connectivity index (χ3v) is 13.4. The minimum atomic E-state index is -1.32. The number of carbonyl (C=O) groups excluding carboxylic acids is 7. The second-order valence-corrected chi connectivity index (χ2v) is 18.5. The summed E-state index contributed by atoms with van der Waals surface area (Å²) in [5, 5.41) is 27.5. The van der Waals surface area contributed by atoms with Gasteiger partial charge < -0.3 is 53.5 Å². The van der Waals surface area contributed by atoms with Gasteiger partial charge in [-0.2, -0.15) is 0 Å². The lowest BCUT2D eigenvalue weighted by Crippen LogP contribution is -2.60.